The Balaban J connectivity index is 2.03. The van der Waals surface area contributed by atoms with E-state index in [-0.39, 0.29) is 12.1 Å². The monoisotopic (exact) mass is 301 g/mol. The van der Waals surface area contributed by atoms with E-state index < -0.39 is 0 Å². The van der Waals surface area contributed by atoms with Crippen LogP contribution in [0.2, 0.25) is 0 Å². The van der Waals surface area contributed by atoms with Gasteiger partial charge in [-0.25, -0.2) is 4.79 Å². The Hall–Kier alpha value is -2.06. The topological polar surface area (TPSA) is 65.4 Å². The van der Waals surface area contributed by atoms with Crippen LogP contribution in [0.1, 0.15) is 30.4 Å². The molecule has 5 heteroatoms. The first-order valence-corrected chi connectivity index (χ1v) is 7.72. The number of nitriles is 1. The van der Waals surface area contributed by atoms with Crippen LogP contribution in [-0.2, 0) is 4.74 Å². The number of hydrogen-bond donors (Lipinski definition) is 1. The minimum Gasteiger partial charge on any atom is -0.376 e. The van der Waals surface area contributed by atoms with E-state index in [0.29, 0.717) is 19.5 Å². The van der Waals surface area contributed by atoms with Gasteiger partial charge in [0.1, 0.15) is 0 Å². The first-order valence-electron chi connectivity index (χ1n) is 7.72. The molecule has 2 rings (SSSR count). The van der Waals surface area contributed by atoms with Gasteiger partial charge in [0.25, 0.3) is 0 Å². The van der Waals surface area contributed by atoms with Crippen molar-refractivity contribution in [1.29, 1.82) is 5.26 Å². The highest BCUT2D eigenvalue weighted by molar-refractivity contribution is 5.90. The fraction of sp³-hybridized carbons (Fsp3) is 0.529. The Morgan fingerprint density at radius 2 is 2.32 bits per heavy atom. The number of benzene rings is 1. The maximum absolute atomic E-state index is 12.5. The standard InChI is InChI=1S/C17H23N3O2/c1-13-6-3-8-16(14(13)2)19-17(21)20(10-5-9-18)12-15-7-4-11-22-15/h3,6,8,15H,4-5,7,10-12H2,1-2H3,(H,19,21). The number of ether oxygens (including phenoxy) is 1. The predicted octanol–water partition coefficient (Wildman–Crippen LogP) is 3.23. The number of carbonyl (C=O) groups is 1. The molecular weight excluding hydrogens is 278 g/mol. The molecule has 1 aromatic rings. The quantitative estimate of drug-likeness (QED) is 0.908. The van der Waals surface area contributed by atoms with E-state index in [9.17, 15) is 4.79 Å². The van der Waals surface area contributed by atoms with Gasteiger partial charge in [-0.15, -0.1) is 0 Å². The predicted molar refractivity (Wildman–Crippen MR) is 85.7 cm³/mol. The summed E-state index contributed by atoms with van der Waals surface area (Å²) in [6.45, 7) is 5.73. The largest absolute Gasteiger partial charge is 0.376 e. The normalized spacial score (nSPS) is 17.0. The maximum Gasteiger partial charge on any atom is 0.321 e. The van der Waals surface area contributed by atoms with Gasteiger partial charge in [0.05, 0.1) is 18.6 Å². The third-order valence-corrected chi connectivity index (χ3v) is 4.07. The zero-order chi connectivity index (χ0) is 15.9. The maximum atomic E-state index is 12.5. The number of rotatable bonds is 5. The van der Waals surface area contributed by atoms with E-state index in [0.717, 1.165) is 36.3 Å². The van der Waals surface area contributed by atoms with E-state index >= 15 is 0 Å². The lowest BCUT2D eigenvalue weighted by Gasteiger charge is -2.25. The number of nitrogens with zero attached hydrogens (tertiary/aromatic N) is 2. The highest BCUT2D eigenvalue weighted by Crippen LogP contribution is 2.19. The Morgan fingerprint density at radius 1 is 1.50 bits per heavy atom. The summed E-state index contributed by atoms with van der Waals surface area (Å²) < 4.78 is 5.60. The van der Waals surface area contributed by atoms with E-state index in [2.05, 4.69) is 11.4 Å². The van der Waals surface area contributed by atoms with Gasteiger partial charge in [-0.2, -0.15) is 5.26 Å². The van der Waals surface area contributed by atoms with Crippen molar-refractivity contribution in [2.24, 2.45) is 0 Å². The lowest BCUT2D eigenvalue weighted by atomic mass is 10.1. The Labute approximate surface area is 131 Å². The fourth-order valence-electron chi connectivity index (χ4n) is 2.58. The van der Waals surface area contributed by atoms with Crippen molar-refractivity contribution in [3.05, 3.63) is 29.3 Å². The minimum absolute atomic E-state index is 0.0862. The third kappa shape index (κ3) is 4.22. The highest BCUT2D eigenvalue weighted by atomic mass is 16.5. The van der Waals surface area contributed by atoms with Gasteiger partial charge in [-0.05, 0) is 43.9 Å². The number of carbonyl (C=O) groups excluding carboxylic acids is 1. The van der Waals surface area contributed by atoms with E-state index in [4.69, 9.17) is 10.00 Å². The summed E-state index contributed by atoms with van der Waals surface area (Å²) in [5.74, 6) is 0. The van der Waals surface area contributed by atoms with Gasteiger partial charge >= 0.3 is 6.03 Å². The molecule has 0 aliphatic carbocycles. The number of aryl methyl sites for hydroxylation is 1. The van der Waals surface area contributed by atoms with Gasteiger partial charge in [-0.3, -0.25) is 0 Å². The van der Waals surface area contributed by atoms with Gasteiger partial charge in [0, 0.05) is 25.4 Å². The van der Waals surface area contributed by atoms with Crippen LogP contribution < -0.4 is 5.32 Å². The molecule has 0 radical (unpaired) electrons. The fourth-order valence-corrected chi connectivity index (χ4v) is 2.58. The van der Waals surface area contributed by atoms with Gasteiger partial charge < -0.3 is 15.0 Å². The van der Waals surface area contributed by atoms with Crippen molar-refractivity contribution in [3.63, 3.8) is 0 Å². The summed E-state index contributed by atoms with van der Waals surface area (Å²) in [7, 11) is 0. The minimum atomic E-state index is -0.167. The van der Waals surface area contributed by atoms with Crippen molar-refractivity contribution >= 4 is 11.7 Å². The molecule has 0 saturated carbocycles. The van der Waals surface area contributed by atoms with Crippen LogP contribution in [0, 0.1) is 25.2 Å². The Kier molecular flexibility index (Phi) is 5.79. The lowest BCUT2D eigenvalue weighted by Crippen LogP contribution is -2.40. The molecule has 1 aliphatic rings. The molecule has 22 heavy (non-hydrogen) atoms. The summed E-state index contributed by atoms with van der Waals surface area (Å²) in [5, 5.41) is 11.7. The smallest absolute Gasteiger partial charge is 0.321 e. The molecule has 1 heterocycles. The summed E-state index contributed by atoms with van der Waals surface area (Å²) in [5.41, 5.74) is 3.02. The number of urea groups is 1. The molecule has 1 atom stereocenters. The third-order valence-electron chi connectivity index (χ3n) is 4.07. The number of hydrogen-bond acceptors (Lipinski definition) is 3. The van der Waals surface area contributed by atoms with Crippen LogP contribution in [0.4, 0.5) is 10.5 Å². The molecule has 0 spiro atoms. The molecule has 1 aliphatic heterocycles. The van der Waals surface area contributed by atoms with Crippen LogP contribution in [0.15, 0.2) is 18.2 Å². The molecule has 5 nitrogen and oxygen atoms in total. The van der Waals surface area contributed by atoms with Gasteiger partial charge in [0.2, 0.25) is 0 Å². The summed E-state index contributed by atoms with van der Waals surface area (Å²) >= 11 is 0. The van der Waals surface area contributed by atoms with E-state index in [1.54, 1.807) is 4.90 Å². The van der Waals surface area contributed by atoms with Crippen molar-refractivity contribution < 1.29 is 9.53 Å². The summed E-state index contributed by atoms with van der Waals surface area (Å²) in [4.78, 5) is 14.2. The molecule has 2 amide bonds. The molecule has 0 aromatic heterocycles. The molecule has 0 bridgehead atoms. The molecule has 1 fully saturated rings. The SMILES string of the molecule is Cc1cccc(NC(=O)N(CCC#N)CC2CCCO2)c1C. The van der Waals surface area contributed by atoms with Crippen LogP contribution in [-0.4, -0.2) is 36.7 Å². The number of amides is 2. The van der Waals surface area contributed by atoms with Crippen LogP contribution in [0.3, 0.4) is 0 Å². The van der Waals surface area contributed by atoms with Crippen LogP contribution in [0.5, 0.6) is 0 Å². The molecule has 1 aromatic carbocycles. The summed E-state index contributed by atoms with van der Waals surface area (Å²) in [6.07, 6.45) is 2.42. The Bertz CT molecular complexity index is 560. The number of anilines is 1. The van der Waals surface area contributed by atoms with Crippen LogP contribution in [0.25, 0.3) is 0 Å². The van der Waals surface area contributed by atoms with Crippen molar-refractivity contribution in [1.82, 2.24) is 4.90 Å². The first-order chi connectivity index (χ1) is 10.6. The van der Waals surface area contributed by atoms with Crippen molar-refractivity contribution in [2.45, 2.75) is 39.2 Å². The second kappa shape index (κ2) is 7.81. The highest BCUT2D eigenvalue weighted by Gasteiger charge is 2.22. The van der Waals surface area contributed by atoms with Crippen molar-refractivity contribution in [3.8, 4) is 6.07 Å². The van der Waals surface area contributed by atoms with E-state index in [1.807, 2.05) is 32.0 Å². The van der Waals surface area contributed by atoms with Crippen LogP contribution >= 0.6 is 0 Å². The van der Waals surface area contributed by atoms with E-state index in [1.165, 1.54) is 0 Å². The molecular formula is C17H23N3O2. The lowest BCUT2D eigenvalue weighted by molar-refractivity contribution is 0.0841. The molecule has 1 unspecified atom stereocenters. The average molecular weight is 301 g/mol. The Morgan fingerprint density at radius 3 is 3.00 bits per heavy atom. The molecule has 1 saturated heterocycles. The molecule has 1 N–H and O–H groups in total. The second-order valence-electron chi connectivity index (χ2n) is 5.67. The van der Waals surface area contributed by atoms with Crippen molar-refractivity contribution in [2.75, 3.05) is 25.0 Å². The average Bonchev–Trinajstić information content (AvgIpc) is 3.01. The second-order valence-corrected chi connectivity index (χ2v) is 5.67. The van der Waals surface area contributed by atoms with Gasteiger partial charge in [-0.1, -0.05) is 12.1 Å². The number of nitrogens with one attached hydrogen (secondary N) is 1. The molecule has 118 valence electrons. The zero-order valence-corrected chi connectivity index (χ0v) is 13.3. The first kappa shape index (κ1) is 16.3. The zero-order valence-electron chi connectivity index (χ0n) is 13.3. The summed E-state index contributed by atoms with van der Waals surface area (Å²) in [6, 6.07) is 7.78. The van der Waals surface area contributed by atoms with Gasteiger partial charge in [0.15, 0.2) is 0 Å².